The van der Waals surface area contributed by atoms with Crippen molar-refractivity contribution in [3.63, 3.8) is 0 Å². The number of thiophene rings is 1. The highest BCUT2D eigenvalue weighted by Crippen LogP contribution is 2.33. The highest BCUT2D eigenvalue weighted by Gasteiger charge is 2.33. The van der Waals surface area contributed by atoms with Crippen LogP contribution < -0.4 is 16.0 Å². The minimum atomic E-state index is -4.43. The average Bonchev–Trinajstić information content (AvgIpc) is 3.07. The molecule has 2 aromatic rings. The first-order chi connectivity index (χ1) is 11.5. The number of guanidine groups is 1. The summed E-state index contributed by atoms with van der Waals surface area (Å²) in [5, 5.41) is 12.9. The third-order valence-corrected chi connectivity index (χ3v) is 3.82. The first kappa shape index (κ1) is 21.5. The fraction of sp³-hybridized carbons (Fsp3) is 0.333. The third kappa shape index (κ3) is 7.06. The first-order valence-corrected chi connectivity index (χ1v) is 8.16. The normalized spacial score (nSPS) is 11.6. The molecule has 0 radical (unpaired) electrons. The summed E-state index contributed by atoms with van der Waals surface area (Å²) in [6.45, 7) is 1.31. The van der Waals surface area contributed by atoms with Crippen molar-refractivity contribution in [2.45, 2.75) is 12.7 Å². The number of nitrogens with one attached hydrogen (secondary N) is 3. The van der Waals surface area contributed by atoms with E-state index in [1.165, 1.54) is 12.3 Å². The maximum atomic E-state index is 12.9. The Morgan fingerprint density at radius 3 is 2.68 bits per heavy atom. The molecule has 0 saturated heterocycles. The second-order valence-corrected chi connectivity index (χ2v) is 5.59. The molecule has 0 spiro atoms. The van der Waals surface area contributed by atoms with Crippen molar-refractivity contribution in [2.24, 2.45) is 4.99 Å². The van der Waals surface area contributed by atoms with Crippen LogP contribution in [0.4, 0.5) is 19.0 Å². The molecule has 138 valence electrons. The summed E-state index contributed by atoms with van der Waals surface area (Å²) in [6, 6.07) is 4.28. The van der Waals surface area contributed by atoms with E-state index >= 15 is 0 Å². The summed E-state index contributed by atoms with van der Waals surface area (Å²) in [5.41, 5.74) is 0.370. The Kier molecular flexibility index (Phi) is 8.97. The smallest absolute Gasteiger partial charge is 0.368 e. The second-order valence-electron chi connectivity index (χ2n) is 4.81. The maximum Gasteiger partial charge on any atom is 0.419 e. The van der Waals surface area contributed by atoms with Crippen LogP contribution in [0.1, 0.15) is 11.1 Å². The zero-order valence-electron chi connectivity index (χ0n) is 13.4. The molecule has 5 nitrogen and oxygen atoms in total. The van der Waals surface area contributed by atoms with Crippen LogP contribution in [0, 0.1) is 0 Å². The minimum Gasteiger partial charge on any atom is -0.368 e. The van der Waals surface area contributed by atoms with Gasteiger partial charge in [-0.3, -0.25) is 4.99 Å². The third-order valence-electron chi connectivity index (χ3n) is 3.09. The molecule has 10 heteroatoms. The quantitative estimate of drug-likeness (QED) is 0.254. The molecule has 0 unspecified atom stereocenters. The summed E-state index contributed by atoms with van der Waals surface area (Å²) in [6.07, 6.45) is -3.10. The van der Waals surface area contributed by atoms with E-state index in [-0.39, 0.29) is 36.3 Å². The van der Waals surface area contributed by atoms with Gasteiger partial charge in [0.25, 0.3) is 0 Å². The largest absolute Gasteiger partial charge is 0.419 e. The minimum absolute atomic E-state index is 0. The van der Waals surface area contributed by atoms with Gasteiger partial charge in [-0.1, -0.05) is 0 Å². The number of aliphatic imine (C=N–C) groups is 1. The monoisotopic (exact) mass is 485 g/mol. The van der Waals surface area contributed by atoms with E-state index in [0.29, 0.717) is 19.0 Å². The molecule has 0 amide bonds. The molecule has 25 heavy (non-hydrogen) atoms. The molecule has 0 aromatic carbocycles. The average molecular weight is 485 g/mol. The van der Waals surface area contributed by atoms with Gasteiger partial charge in [-0.2, -0.15) is 24.5 Å². The highest BCUT2D eigenvalue weighted by molar-refractivity contribution is 14.0. The zero-order valence-corrected chi connectivity index (χ0v) is 16.6. The lowest BCUT2D eigenvalue weighted by Crippen LogP contribution is -2.39. The van der Waals surface area contributed by atoms with Crippen molar-refractivity contribution in [3.8, 4) is 0 Å². The number of aromatic nitrogens is 1. The van der Waals surface area contributed by atoms with E-state index in [0.717, 1.165) is 11.6 Å². The number of halogens is 4. The predicted octanol–water partition coefficient (Wildman–Crippen LogP) is 3.56. The SMILES string of the molecule is CN=C(NCCNc1ncccc1C(F)(F)F)NCc1ccsc1.I. The Morgan fingerprint density at radius 1 is 1.24 bits per heavy atom. The van der Waals surface area contributed by atoms with Gasteiger partial charge >= 0.3 is 6.18 Å². The molecular weight excluding hydrogens is 466 g/mol. The van der Waals surface area contributed by atoms with Crippen molar-refractivity contribution < 1.29 is 13.2 Å². The van der Waals surface area contributed by atoms with Crippen LogP contribution in [0.5, 0.6) is 0 Å². The molecule has 0 saturated carbocycles. The van der Waals surface area contributed by atoms with Crippen molar-refractivity contribution in [2.75, 3.05) is 25.5 Å². The van der Waals surface area contributed by atoms with Gasteiger partial charge in [0.05, 0.1) is 5.56 Å². The van der Waals surface area contributed by atoms with Gasteiger partial charge in [-0.15, -0.1) is 24.0 Å². The molecular formula is C15H19F3IN5S. The lowest BCUT2D eigenvalue weighted by molar-refractivity contribution is -0.137. The predicted molar refractivity (Wildman–Crippen MR) is 106 cm³/mol. The van der Waals surface area contributed by atoms with Crippen molar-refractivity contribution >= 4 is 47.1 Å². The summed E-state index contributed by atoms with van der Waals surface area (Å²) in [4.78, 5) is 7.81. The molecule has 0 fully saturated rings. The van der Waals surface area contributed by atoms with Gasteiger partial charge in [0.2, 0.25) is 0 Å². The fourth-order valence-corrected chi connectivity index (χ4v) is 2.60. The molecule has 0 bridgehead atoms. The molecule has 0 aliphatic carbocycles. The van der Waals surface area contributed by atoms with Gasteiger partial charge in [0, 0.05) is 32.9 Å². The number of pyridine rings is 1. The van der Waals surface area contributed by atoms with Crippen molar-refractivity contribution in [1.82, 2.24) is 15.6 Å². The molecule has 2 heterocycles. The Morgan fingerprint density at radius 2 is 2.04 bits per heavy atom. The molecule has 0 aliphatic rings. The van der Waals surface area contributed by atoms with Crippen LogP contribution >= 0.6 is 35.3 Å². The highest BCUT2D eigenvalue weighted by atomic mass is 127. The van der Waals surface area contributed by atoms with Gasteiger partial charge in [0.1, 0.15) is 5.82 Å². The van der Waals surface area contributed by atoms with Gasteiger partial charge < -0.3 is 16.0 Å². The van der Waals surface area contributed by atoms with Crippen LogP contribution in [0.15, 0.2) is 40.1 Å². The van der Waals surface area contributed by atoms with Gasteiger partial charge in [-0.05, 0) is 34.5 Å². The Balaban J connectivity index is 0.00000312. The number of hydrogen-bond donors (Lipinski definition) is 3. The Labute approximate surface area is 165 Å². The second kappa shape index (κ2) is 10.4. The number of alkyl halides is 3. The lowest BCUT2D eigenvalue weighted by Gasteiger charge is -2.14. The number of rotatable bonds is 6. The van der Waals surface area contributed by atoms with Gasteiger partial charge in [0.15, 0.2) is 5.96 Å². The van der Waals surface area contributed by atoms with E-state index in [1.54, 1.807) is 18.4 Å². The molecule has 2 rings (SSSR count). The van der Waals surface area contributed by atoms with Crippen LogP contribution in [0.3, 0.4) is 0 Å². The van der Waals surface area contributed by atoms with Crippen molar-refractivity contribution in [1.29, 1.82) is 0 Å². The van der Waals surface area contributed by atoms with Crippen LogP contribution in [-0.2, 0) is 12.7 Å². The van der Waals surface area contributed by atoms with Crippen molar-refractivity contribution in [3.05, 3.63) is 46.3 Å². The summed E-state index contributed by atoms with van der Waals surface area (Å²) in [7, 11) is 1.64. The maximum absolute atomic E-state index is 12.9. The molecule has 3 N–H and O–H groups in total. The van der Waals surface area contributed by atoms with E-state index in [9.17, 15) is 13.2 Å². The zero-order chi connectivity index (χ0) is 17.4. The van der Waals surface area contributed by atoms with E-state index in [2.05, 4.69) is 25.9 Å². The summed E-state index contributed by atoms with van der Waals surface area (Å²) >= 11 is 1.61. The van der Waals surface area contributed by atoms with Gasteiger partial charge in [-0.25, -0.2) is 4.98 Å². The first-order valence-electron chi connectivity index (χ1n) is 7.22. The van der Waals surface area contributed by atoms with Crippen LogP contribution in [-0.4, -0.2) is 31.1 Å². The van der Waals surface area contributed by atoms with Crippen LogP contribution in [0.2, 0.25) is 0 Å². The molecule has 2 aromatic heterocycles. The van der Waals surface area contributed by atoms with Crippen LogP contribution in [0.25, 0.3) is 0 Å². The van der Waals surface area contributed by atoms with E-state index < -0.39 is 11.7 Å². The number of nitrogens with zero attached hydrogens (tertiary/aromatic N) is 2. The topological polar surface area (TPSA) is 61.3 Å². The Hall–Kier alpha value is -1.56. The summed E-state index contributed by atoms with van der Waals surface area (Å²) < 4.78 is 38.6. The lowest BCUT2D eigenvalue weighted by atomic mass is 10.2. The van der Waals surface area contributed by atoms with E-state index in [1.807, 2.05) is 16.8 Å². The molecule has 0 aliphatic heterocycles. The molecule has 0 atom stereocenters. The standard InChI is InChI=1S/C15H18F3N5S.HI/c1-19-14(23-9-11-4-8-24-10-11)22-7-6-21-13-12(15(16,17)18)3-2-5-20-13;/h2-5,8,10H,6-7,9H2,1H3,(H,20,21)(H2,19,22,23);1H. The fourth-order valence-electron chi connectivity index (χ4n) is 1.94. The summed E-state index contributed by atoms with van der Waals surface area (Å²) in [5.74, 6) is 0.410. The number of anilines is 1. The Bertz CT molecular complexity index is 661. The van der Waals surface area contributed by atoms with E-state index in [4.69, 9.17) is 0 Å². The number of hydrogen-bond acceptors (Lipinski definition) is 4.